The normalized spacial score (nSPS) is 11.4. The van der Waals surface area contributed by atoms with E-state index in [1.165, 1.54) is 19.2 Å². The van der Waals surface area contributed by atoms with Crippen LogP contribution in [0.1, 0.15) is 5.56 Å². The molecule has 4 N–H and O–H groups in total. The Hall–Kier alpha value is -1.78. The van der Waals surface area contributed by atoms with E-state index in [1.807, 2.05) is 0 Å². The zero-order valence-electron chi connectivity index (χ0n) is 7.83. The molecule has 0 spiro atoms. The van der Waals surface area contributed by atoms with E-state index >= 15 is 0 Å². The fraction of sp³-hybridized carbons (Fsp3) is 0.222. The van der Waals surface area contributed by atoms with Crippen LogP contribution in [0.4, 0.5) is 4.39 Å². The van der Waals surface area contributed by atoms with Gasteiger partial charge in [0, 0.05) is 6.42 Å². The van der Waals surface area contributed by atoms with Gasteiger partial charge in [0.25, 0.3) is 0 Å². The van der Waals surface area contributed by atoms with Crippen LogP contribution in [0.25, 0.3) is 0 Å². The molecule has 14 heavy (non-hydrogen) atoms. The van der Waals surface area contributed by atoms with Crippen molar-refractivity contribution in [2.24, 2.45) is 16.7 Å². The summed E-state index contributed by atoms with van der Waals surface area (Å²) in [5, 5.41) is 3.30. The van der Waals surface area contributed by atoms with Crippen molar-refractivity contribution in [1.29, 1.82) is 0 Å². The van der Waals surface area contributed by atoms with Crippen LogP contribution in [0.15, 0.2) is 23.3 Å². The summed E-state index contributed by atoms with van der Waals surface area (Å²) in [6.45, 7) is 0. The number of hydrazone groups is 1. The molecule has 0 radical (unpaired) electrons. The van der Waals surface area contributed by atoms with Gasteiger partial charge in [-0.25, -0.2) is 4.39 Å². The summed E-state index contributed by atoms with van der Waals surface area (Å²) >= 11 is 0. The fourth-order valence-electron chi connectivity index (χ4n) is 1.07. The first-order chi connectivity index (χ1) is 6.67. The molecule has 1 aromatic carbocycles. The summed E-state index contributed by atoms with van der Waals surface area (Å²) in [5.41, 5.74) is 6.10. The van der Waals surface area contributed by atoms with Crippen molar-refractivity contribution < 1.29 is 9.13 Å². The molecule has 0 bridgehead atoms. The van der Waals surface area contributed by atoms with Gasteiger partial charge in [-0.1, -0.05) is 6.07 Å². The second-order valence-corrected chi connectivity index (χ2v) is 2.77. The maximum absolute atomic E-state index is 13.2. The molecule has 0 saturated heterocycles. The second kappa shape index (κ2) is 4.45. The number of ether oxygens (including phenoxy) is 1. The van der Waals surface area contributed by atoms with E-state index in [1.54, 1.807) is 6.07 Å². The number of rotatable bonds is 3. The Kier molecular flexibility index (Phi) is 3.28. The number of nitrogens with two attached hydrogens (primary N) is 2. The molecule has 5 heteroatoms. The lowest BCUT2D eigenvalue weighted by Crippen LogP contribution is -2.16. The summed E-state index contributed by atoms with van der Waals surface area (Å²) < 4.78 is 17.9. The summed E-state index contributed by atoms with van der Waals surface area (Å²) in [6.07, 6.45) is 0.331. The number of nitrogens with zero attached hydrogens (tertiary/aromatic N) is 1. The van der Waals surface area contributed by atoms with Crippen LogP contribution in [-0.2, 0) is 6.42 Å². The minimum Gasteiger partial charge on any atom is -0.494 e. The number of benzene rings is 1. The standard InChI is InChI=1S/C9H12FN3O/c1-14-8-3-2-6(4-7(8)10)5-9(11)13-12/h2-4H,5,12H2,1H3,(H2,11,13). The Morgan fingerprint density at radius 1 is 1.57 bits per heavy atom. The molecule has 0 unspecified atom stereocenters. The Morgan fingerprint density at radius 3 is 2.79 bits per heavy atom. The van der Waals surface area contributed by atoms with Gasteiger partial charge in [0.1, 0.15) is 5.84 Å². The van der Waals surface area contributed by atoms with Crippen LogP contribution < -0.4 is 16.3 Å². The van der Waals surface area contributed by atoms with Gasteiger partial charge in [-0.15, -0.1) is 0 Å². The van der Waals surface area contributed by atoms with Crippen molar-refractivity contribution in [1.82, 2.24) is 0 Å². The zero-order chi connectivity index (χ0) is 10.6. The lowest BCUT2D eigenvalue weighted by atomic mass is 10.1. The van der Waals surface area contributed by atoms with Gasteiger partial charge in [-0.05, 0) is 17.7 Å². The van der Waals surface area contributed by atoms with Crippen LogP contribution in [0.2, 0.25) is 0 Å². The molecule has 1 aromatic rings. The van der Waals surface area contributed by atoms with Gasteiger partial charge in [0.15, 0.2) is 11.6 Å². The van der Waals surface area contributed by atoms with Gasteiger partial charge < -0.3 is 16.3 Å². The predicted octanol–water partition coefficient (Wildman–Crippen LogP) is 0.608. The minimum atomic E-state index is -0.421. The second-order valence-electron chi connectivity index (χ2n) is 2.77. The SMILES string of the molecule is COc1ccc(C/C(N)=N/N)cc1F. The van der Waals surface area contributed by atoms with Gasteiger partial charge in [-0.3, -0.25) is 0 Å². The highest BCUT2D eigenvalue weighted by Crippen LogP contribution is 2.17. The largest absolute Gasteiger partial charge is 0.494 e. The van der Waals surface area contributed by atoms with Gasteiger partial charge in [0.05, 0.1) is 7.11 Å². The van der Waals surface area contributed by atoms with E-state index in [-0.39, 0.29) is 11.6 Å². The first kappa shape index (κ1) is 10.3. The van der Waals surface area contributed by atoms with Crippen molar-refractivity contribution in [3.05, 3.63) is 29.6 Å². The number of methoxy groups -OCH3 is 1. The van der Waals surface area contributed by atoms with E-state index in [2.05, 4.69) is 5.10 Å². The Balaban J connectivity index is 2.86. The summed E-state index contributed by atoms with van der Waals surface area (Å²) in [4.78, 5) is 0. The third-order valence-corrected chi connectivity index (χ3v) is 1.77. The minimum absolute atomic E-state index is 0.206. The van der Waals surface area contributed by atoms with Gasteiger partial charge in [0.2, 0.25) is 0 Å². The quantitative estimate of drug-likeness (QED) is 0.322. The molecular weight excluding hydrogens is 185 g/mol. The Bertz CT molecular complexity index is 352. The molecule has 0 heterocycles. The van der Waals surface area contributed by atoms with Gasteiger partial charge >= 0.3 is 0 Å². The van der Waals surface area contributed by atoms with Crippen LogP contribution in [-0.4, -0.2) is 12.9 Å². The molecule has 0 saturated carbocycles. The molecule has 76 valence electrons. The number of hydrogen-bond acceptors (Lipinski definition) is 3. The average molecular weight is 197 g/mol. The molecule has 1 rings (SSSR count). The van der Waals surface area contributed by atoms with Crippen molar-refractivity contribution in [2.45, 2.75) is 6.42 Å². The monoisotopic (exact) mass is 197 g/mol. The molecule has 0 aliphatic heterocycles. The number of hydrogen-bond donors (Lipinski definition) is 2. The molecule has 4 nitrogen and oxygen atoms in total. The zero-order valence-corrected chi connectivity index (χ0v) is 7.83. The number of halogens is 1. The summed E-state index contributed by atoms with van der Waals surface area (Å²) in [5.74, 6) is 5.00. The van der Waals surface area contributed by atoms with E-state index in [0.717, 1.165) is 0 Å². The summed E-state index contributed by atoms with van der Waals surface area (Å²) in [7, 11) is 1.41. The lowest BCUT2D eigenvalue weighted by molar-refractivity contribution is 0.386. The fourth-order valence-corrected chi connectivity index (χ4v) is 1.07. The van der Waals surface area contributed by atoms with Crippen LogP contribution in [0, 0.1) is 5.82 Å². The highest BCUT2D eigenvalue weighted by Gasteiger charge is 2.04. The molecule has 0 amide bonds. The van der Waals surface area contributed by atoms with Crippen molar-refractivity contribution >= 4 is 5.84 Å². The van der Waals surface area contributed by atoms with Crippen molar-refractivity contribution in [2.75, 3.05) is 7.11 Å². The maximum Gasteiger partial charge on any atom is 0.165 e. The van der Waals surface area contributed by atoms with E-state index in [4.69, 9.17) is 16.3 Å². The van der Waals surface area contributed by atoms with E-state index in [0.29, 0.717) is 12.0 Å². The Labute approximate surface area is 81.4 Å². The van der Waals surface area contributed by atoms with E-state index < -0.39 is 5.82 Å². The predicted molar refractivity (Wildman–Crippen MR) is 52.5 cm³/mol. The number of amidine groups is 1. The van der Waals surface area contributed by atoms with Crippen molar-refractivity contribution in [3.63, 3.8) is 0 Å². The molecular formula is C9H12FN3O. The topological polar surface area (TPSA) is 73.6 Å². The highest BCUT2D eigenvalue weighted by molar-refractivity contribution is 5.82. The molecule has 0 atom stereocenters. The average Bonchev–Trinajstić information content (AvgIpc) is 2.18. The maximum atomic E-state index is 13.2. The third-order valence-electron chi connectivity index (χ3n) is 1.77. The first-order valence-electron chi connectivity index (χ1n) is 4.02. The molecule has 0 aromatic heterocycles. The van der Waals surface area contributed by atoms with Crippen molar-refractivity contribution in [3.8, 4) is 5.75 Å². The molecule has 0 aliphatic rings. The first-order valence-corrected chi connectivity index (χ1v) is 4.02. The smallest absolute Gasteiger partial charge is 0.165 e. The Morgan fingerprint density at radius 2 is 2.29 bits per heavy atom. The van der Waals surface area contributed by atoms with Crippen LogP contribution in [0.3, 0.4) is 0 Å². The van der Waals surface area contributed by atoms with Crippen LogP contribution >= 0.6 is 0 Å². The third kappa shape index (κ3) is 2.35. The molecule has 0 fully saturated rings. The van der Waals surface area contributed by atoms with Crippen LogP contribution in [0.5, 0.6) is 5.75 Å². The molecule has 0 aliphatic carbocycles. The van der Waals surface area contributed by atoms with E-state index in [9.17, 15) is 4.39 Å². The summed E-state index contributed by atoms with van der Waals surface area (Å²) in [6, 6.07) is 4.59. The highest BCUT2D eigenvalue weighted by atomic mass is 19.1. The van der Waals surface area contributed by atoms with Gasteiger partial charge in [-0.2, -0.15) is 5.10 Å². The lowest BCUT2D eigenvalue weighted by Gasteiger charge is -2.04.